The summed E-state index contributed by atoms with van der Waals surface area (Å²) in [4.78, 5) is 12.8. The molecular formula is C12H20N6O. The number of piperazine rings is 1. The minimum absolute atomic E-state index is 0.237. The Balaban J connectivity index is 2.00. The Bertz CT molecular complexity index is 439. The molecule has 0 bridgehead atoms. The molecule has 1 fully saturated rings. The summed E-state index contributed by atoms with van der Waals surface area (Å²) in [7, 11) is 0. The zero-order chi connectivity index (χ0) is 13.9. The molecule has 2 heterocycles. The van der Waals surface area contributed by atoms with Crippen molar-refractivity contribution < 1.29 is 5.21 Å². The maximum atomic E-state index is 8.84. The first-order valence-electron chi connectivity index (χ1n) is 6.29. The number of nitrogens with zero attached hydrogens (tertiary/aromatic N) is 5. The molecule has 0 atom stereocenters. The monoisotopic (exact) mass is 264 g/mol. The van der Waals surface area contributed by atoms with Gasteiger partial charge in [-0.15, -0.1) is 0 Å². The van der Waals surface area contributed by atoms with Gasteiger partial charge >= 0.3 is 0 Å². The summed E-state index contributed by atoms with van der Waals surface area (Å²) in [6.07, 6.45) is 5.13. The Morgan fingerprint density at radius 2 is 2.00 bits per heavy atom. The van der Waals surface area contributed by atoms with Crippen molar-refractivity contribution >= 4 is 11.7 Å². The van der Waals surface area contributed by atoms with Crippen LogP contribution in [-0.2, 0) is 0 Å². The van der Waals surface area contributed by atoms with Gasteiger partial charge in [0.15, 0.2) is 5.84 Å². The third-order valence-corrected chi connectivity index (χ3v) is 3.68. The summed E-state index contributed by atoms with van der Waals surface area (Å²) in [5.41, 5.74) is 5.31. The van der Waals surface area contributed by atoms with E-state index in [2.05, 4.69) is 24.9 Å². The second-order valence-corrected chi connectivity index (χ2v) is 5.08. The van der Waals surface area contributed by atoms with Crippen molar-refractivity contribution in [2.24, 2.45) is 10.9 Å². The summed E-state index contributed by atoms with van der Waals surface area (Å²) < 4.78 is 0. The molecule has 1 aliphatic heterocycles. The maximum absolute atomic E-state index is 8.84. The molecule has 0 saturated carbocycles. The zero-order valence-corrected chi connectivity index (χ0v) is 11.3. The van der Waals surface area contributed by atoms with Gasteiger partial charge in [-0.05, 0) is 13.8 Å². The molecule has 0 unspecified atom stereocenters. The lowest BCUT2D eigenvalue weighted by molar-refractivity contribution is 0.161. The standard InChI is InChI=1S/C12H20N6O/c1-12(2,11(13)16-19)18-7-5-17(6-8-18)10-9-14-3-4-15-10/h3-4,9,19H,5-8H2,1-2H3,(H2,13,16). The van der Waals surface area contributed by atoms with Crippen LogP contribution in [-0.4, -0.2) is 57.6 Å². The molecule has 7 nitrogen and oxygen atoms in total. The Kier molecular flexibility index (Phi) is 3.84. The second kappa shape index (κ2) is 5.40. The Hall–Kier alpha value is -1.89. The van der Waals surface area contributed by atoms with Crippen LogP contribution in [0.15, 0.2) is 23.7 Å². The van der Waals surface area contributed by atoms with E-state index in [1.54, 1.807) is 18.6 Å². The van der Waals surface area contributed by atoms with Gasteiger partial charge in [0.2, 0.25) is 0 Å². The SMILES string of the molecule is CC(C)(C(N)=NO)N1CCN(c2cnccn2)CC1. The van der Waals surface area contributed by atoms with Crippen molar-refractivity contribution in [3.8, 4) is 0 Å². The molecule has 3 N–H and O–H groups in total. The van der Waals surface area contributed by atoms with Crippen molar-refractivity contribution in [2.75, 3.05) is 31.1 Å². The smallest absolute Gasteiger partial charge is 0.159 e. The highest BCUT2D eigenvalue weighted by molar-refractivity contribution is 5.88. The summed E-state index contributed by atoms with van der Waals surface area (Å²) in [6, 6.07) is 0. The average molecular weight is 264 g/mol. The van der Waals surface area contributed by atoms with Gasteiger partial charge < -0.3 is 15.8 Å². The maximum Gasteiger partial charge on any atom is 0.159 e. The average Bonchev–Trinajstić information content (AvgIpc) is 2.47. The molecule has 1 aromatic rings. The molecule has 2 rings (SSSR count). The van der Waals surface area contributed by atoms with E-state index in [0.29, 0.717) is 0 Å². The van der Waals surface area contributed by atoms with Gasteiger partial charge in [-0.2, -0.15) is 0 Å². The number of oxime groups is 1. The van der Waals surface area contributed by atoms with E-state index in [1.165, 1.54) is 0 Å². The van der Waals surface area contributed by atoms with Crippen molar-refractivity contribution in [1.82, 2.24) is 14.9 Å². The largest absolute Gasteiger partial charge is 0.409 e. The third-order valence-electron chi connectivity index (χ3n) is 3.68. The van der Waals surface area contributed by atoms with Gasteiger partial charge in [0.05, 0.1) is 11.7 Å². The highest BCUT2D eigenvalue weighted by Gasteiger charge is 2.33. The molecule has 0 aromatic carbocycles. The fourth-order valence-electron chi connectivity index (χ4n) is 2.23. The molecule has 1 aliphatic rings. The van der Waals surface area contributed by atoms with Crippen LogP contribution >= 0.6 is 0 Å². The number of aromatic nitrogens is 2. The highest BCUT2D eigenvalue weighted by Crippen LogP contribution is 2.19. The fourth-order valence-corrected chi connectivity index (χ4v) is 2.23. The number of anilines is 1. The first kappa shape index (κ1) is 13.5. The van der Waals surface area contributed by atoms with Crippen molar-refractivity contribution in [1.29, 1.82) is 0 Å². The van der Waals surface area contributed by atoms with Crippen molar-refractivity contribution in [2.45, 2.75) is 19.4 Å². The predicted molar refractivity (Wildman–Crippen MR) is 73.3 cm³/mol. The first-order valence-corrected chi connectivity index (χ1v) is 6.29. The number of hydrogen-bond donors (Lipinski definition) is 2. The predicted octanol–water partition coefficient (Wildman–Crippen LogP) is 0.124. The van der Waals surface area contributed by atoms with E-state index < -0.39 is 5.54 Å². The lowest BCUT2D eigenvalue weighted by Crippen LogP contribution is -2.59. The van der Waals surface area contributed by atoms with Gasteiger partial charge in [0.25, 0.3) is 0 Å². The van der Waals surface area contributed by atoms with Gasteiger partial charge in [-0.3, -0.25) is 9.88 Å². The van der Waals surface area contributed by atoms with Gasteiger partial charge in [-0.25, -0.2) is 4.98 Å². The molecule has 0 radical (unpaired) electrons. The van der Waals surface area contributed by atoms with Crippen LogP contribution in [0.5, 0.6) is 0 Å². The Morgan fingerprint density at radius 1 is 1.32 bits per heavy atom. The molecule has 7 heteroatoms. The molecule has 104 valence electrons. The summed E-state index contributed by atoms with van der Waals surface area (Å²) in [5, 5.41) is 12.0. The van der Waals surface area contributed by atoms with Crippen molar-refractivity contribution in [3.63, 3.8) is 0 Å². The van der Waals surface area contributed by atoms with Crippen LogP contribution in [0, 0.1) is 0 Å². The van der Waals surface area contributed by atoms with E-state index in [0.717, 1.165) is 32.0 Å². The lowest BCUT2D eigenvalue weighted by Gasteiger charge is -2.43. The third kappa shape index (κ3) is 2.76. The van der Waals surface area contributed by atoms with E-state index >= 15 is 0 Å². The number of nitrogens with two attached hydrogens (primary N) is 1. The molecule has 1 aromatic heterocycles. The Labute approximate surface area is 112 Å². The van der Waals surface area contributed by atoms with E-state index in [9.17, 15) is 0 Å². The van der Waals surface area contributed by atoms with Gasteiger partial charge in [0.1, 0.15) is 5.82 Å². The normalized spacial score (nSPS) is 18.6. The van der Waals surface area contributed by atoms with E-state index in [4.69, 9.17) is 10.9 Å². The van der Waals surface area contributed by atoms with Crippen molar-refractivity contribution in [3.05, 3.63) is 18.6 Å². The minimum atomic E-state index is -0.441. The molecule has 19 heavy (non-hydrogen) atoms. The van der Waals surface area contributed by atoms with Gasteiger partial charge in [0, 0.05) is 38.6 Å². The van der Waals surface area contributed by atoms with E-state index in [-0.39, 0.29) is 5.84 Å². The molecule has 0 amide bonds. The molecule has 1 saturated heterocycles. The molecule has 0 spiro atoms. The van der Waals surface area contributed by atoms with Crippen LogP contribution in [0.2, 0.25) is 0 Å². The fraction of sp³-hybridized carbons (Fsp3) is 0.583. The molecule has 0 aliphatic carbocycles. The highest BCUT2D eigenvalue weighted by atomic mass is 16.4. The first-order chi connectivity index (χ1) is 9.05. The van der Waals surface area contributed by atoms with Gasteiger partial charge in [-0.1, -0.05) is 5.16 Å². The summed E-state index contributed by atoms with van der Waals surface area (Å²) in [6.45, 7) is 7.28. The Morgan fingerprint density at radius 3 is 2.53 bits per heavy atom. The van der Waals surface area contributed by atoms with Crippen LogP contribution in [0.4, 0.5) is 5.82 Å². The number of hydrogen-bond acceptors (Lipinski definition) is 6. The van der Waals surface area contributed by atoms with Crippen LogP contribution in [0.25, 0.3) is 0 Å². The zero-order valence-electron chi connectivity index (χ0n) is 11.3. The summed E-state index contributed by atoms with van der Waals surface area (Å²) in [5.74, 6) is 1.13. The minimum Gasteiger partial charge on any atom is -0.409 e. The quantitative estimate of drug-likeness (QED) is 0.349. The van der Waals surface area contributed by atoms with Crippen LogP contribution < -0.4 is 10.6 Å². The lowest BCUT2D eigenvalue weighted by atomic mass is 10.0. The summed E-state index contributed by atoms with van der Waals surface area (Å²) >= 11 is 0. The molecular weight excluding hydrogens is 244 g/mol. The number of amidine groups is 1. The topological polar surface area (TPSA) is 90.9 Å². The van der Waals surface area contributed by atoms with Crippen LogP contribution in [0.3, 0.4) is 0 Å². The van der Waals surface area contributed by atoms with E-state index in [1.807, 2.05) is 13.8 Å². The second-order valence-electron chi connectivity index (χ2n) is 5.08. The number of rotatable bonds is 3. The van der Waals surface area contributed by atoms with Crippen LogP contribution in [0.1, 0.15) is 13.8 Å².